The molecular weight excluding hydrogens is 316 g/mol. The highest BCUT2D eigenvalue weighted by Gasteiger charge is 2.21. The summed E-state index contributed by atoms with van der Waals surface area (Å²) in [4.78, 5) is 12.5. The average Bonchev–Trinajstić information content (AvgIpc) is 3.08. The van der Waals surface area contributed by atoms with E-state index in [0.29, 0.717) is 6.42 Å². The molecule has 2 aromatic heterocycles. The second-order valence-corrected chi connectivity index (χ2v) is 6.57. The Bertz CT molecular complexity index is 913. The largest absolute Gasteiger partial charge is 0.316 e. The lowest BCUT2D eigenvalue weighted by Gasteiger charge is -2.21. The highest BCUT2D eigenvalue weighted by Crippen LogP contribution is 2.22. The van der Waals surface area contributed by atoms with Crippen molar-refractivity contribution >= 4 is 16.7 Å². The molecule has 1 fully saturated rings. The van der Waals surface area contributed by atoms with Crippen LogP contribution in [0, 0.1) is 5.92 Å². The Morgan fingerprint density at radius 3 is 2.96 bits per heavy atom. The van der Waals surface area contributed by atoms with Gasteiger partial charge in [-0.15, -0.1) is 5.10 Å². The van der Waals surface area contributed by atoms with Gasteiger partial charge >= 0.3 is 0 Å². The molecule has 0 aliphatic carbocycles. The molecule has 4 rings (SSSR count). The van der Waals surface area contributed by atoms with Gasteiger partial charge in [0, 0.05) is 30.5 Å². The van der Waals surface area contributed by atoms with Gasteiger partial charge in [0.1, 0.15) is 11.5 Å². The van der Waals surface area contributed by atoms with Crippen molar-refractivity contribution in [2.75, 3.05) is 13.1 Å². The van der Waals surface area contributed by atoms with Gasteiger partial charge in [0.05, 0.1) is 23.8 Å². The molecule has 0 bridgehead atoms. The molecule has 3 aromatic rings. The van der Waals surface area contributed by atoms with Crippen LogP contribution in [0.15, 0.2) is 30.5 Å². The molecule has 1 saturated heterocycles. The summed E-state index contributed by atoms with van der Waals surface area (Å²) in [6.45, 7) is 1.78. The highest BCUT2D eigenvalue weighted by molar-refractivity contribution is 5.86. The van der Waals surface area contributed by atoms with Crippen molar-refractivity contribution in [2.45, 2.75) is 19.3 Å². The minimum absolute atomic E-state index is 0.0946. The first-order chi connectivity index (χ1) is 12.2. The Labute approximate surface area is 145 Å². The number of aryl methyl sites for hydroxylation is 1. The van der Waals surface area contributed by atoms with E-state index in [1.165, 1.54) is 0 Å². The molecule has 0 amide bonds. The number of Topliss-reactive ketones (excluding diaryl/α,β-unsaturated/α-hetero) is 1. The van der Waals surface area contributed by atoms with Crippen LogP contribution in [0.25, 0.3) is 22.2 Å². The molecular formula is C18H20N6O. The number of fused-ring (bicyclic) bond motifs is 1. The number of ketones is 1. The highest BCUT2D eigenvalue weighted by atomic mass is 16.1. The van der Waals surface area contributed by atoms with Crippen molar-refractivity contribution in [3.05, 3.63) is 36.2 Å². The lowest BCUT2D eigenvalue weighted by atomic mass is 9.92. The molecule has 7 heteroatoms. The maximum Gasteiger partial charge on any atom is 0.143 e. The number of aromatic nitrogens is 5. The van der Waals surface area contributed by atoms with Gasteiger partial charge in [0.15, 0.2) is 0 Å². The predicted octanol–water partition coefficient (Wildman–Crippen LogP) is 1.54. The average molecular weight is 336 g/mol. The molecule has 1 atom stereocenters. The zero-order valence-corrected chi connectivity index (χ0v) is 14.1. The summed E-state index contributed by atoms with van der Waals surface area (Å²) >= 11 is 0. The van der Waals surface area contributed by atoms with Crippen molar-refractivity contribution in [3.8, 4) is 11.3 Å². The number of nitrogens with one attached hydrogen (secondary N) is 1. The third-order valence-electron chi connectivity index (χ3n) is 4.64. The molecule has 25 heavy (non-hydrogen) atoms. The van der Waals surface area contributed by atoms with E-state index in [1.54, 1.807) is 4.68 Å². The Balaban J connectivity index is 1.59. The summed E-state index contributed by atoms with van der Waals surface area (Å²) in [5.41, 5.74) is 3.32. The molecule has 1 aliphatic rings. The van der Waals surface area contributed by atoms with Crippen LogP contribution in [-0.4, -0.2) is 44.1 Å². The van der Waals surface area contributed by atoms with Crippen molar-refractivity contribution in [1.29, 1.82) is 0 Å². The number of benzene rings is 1. The third-order valence-corrected chi connectivity index (χ3v) is 4.64. The summed E-state index contributed by atoms with van der Waals surface area (Å²) in [6, 6.07) is 7.85. The van der Waals surface area contributed by atoms with Gasteiger partial charge in [-0.3, -0.25) is 9.48 Å². The van der Waals surface area contributed by atoms with E-state index in [4.69, 9.17) is 0 Å². The number of carbonyl (C=O) groups excluding carboxylic acids is 1. The molecule has 1 N–H and O–H groups in total. The van der Waals surface area contributed by atoms with Crippen molar-refractivity contribution in [1.82, 2.24) is 30.5 Å². The van der Waals surface area contributed by atoms with Crippen LogP contribution in [0.3, 0.4) is 0 Å². The van der Waals surface area contributed by atoms with Crippen molar-refractivity contribution in [3.63, 3.8) is 0 Å². The van der Waals surface area contributed by atoms with Gasteiger partial charge in [-0.2, -0.15) is 10.2 Å². The number of piperidine rings is 1. The lowest BCUT2D eigenvalue weighted by Crippen LogP contribution is -2.35. The minimum Gasteiger partial charge on any atom is -0.316 e. The van der Waals surface area contributed by atoms with Gasteiger partial charge in [-0.05, 0) is 37.6 Å². The zero-order valence-electron chi connectivity index (χ0n) is 14.1. The Morgan fingerprint density at radius 2 is 2.20 bits per heavy atom. The maximum absolute atomic E-state index is 12.5. The predicted molar refractivity (Wildman–Crippen MR) is 93.8 cm³/mol. The minimum atomic E-state index is 0.0946. The van der Waals surface area contributed by atoms with E-state index in [-0.39, 0.29) is 11.7 Å². The number of nitrogens with zero attached hydrogens (tertiary/aromatic N) is 5. The first-order valence-electron chi connectivity index (χ1n) is 8.55. The molecule has 1 aromatic carbocycles. The monoisotopic (exact) mass is 336 g/mol. The fraction of sp³-hybridized carbons (Fsp3) is 0.389. The first-order valence-corrected chi connectivity index (χ1v) is 8.55. The fourth-order valence-corrected chi connectivity index (χ4v) is 3.26. The van der Waals surface area contributed by atoms with Crippen molar-refractivity contribution in [2.24, 2.45) is 13.0 Å². The van der Waals surface area contributed by atoms with Crippen LogP contribution in [0.4, 0.5) is 0 Å². The smallest absolute Gasteiger partial charge is 0.143 e. The quantitative estimate of drug-likeness (QED) is 0.778. The van der Waals surface area contributed by atoms with Crippen LogP contribution < -0.4 is 5.32 Å². The van der Waals surface area contributed by atoms with E-state index in [2.05, 4.69) is 25.8 Å². The Morgan fingerprint density at radius 1 is 1.28 bits per heavy atom. The second-order valence-electron chi connectivity index (χ2n) is 6.57. The number of hydrogen-bond donors (Lipinski definition) is 1. The first kappa shape index (κ1) is 15.8. The number of carbonyl (C=O) groups is 1. The topological polar surface area (TPSA) is 85.6 Å². The molecule has 0 radical (unpaired) electrons. The SMILES string of the molecule is Cn1cc(-c2ccc3nnc(CC(=O)[C@@H]4CCCNC4)cc3c2)nn1. The summed E-state index contributed by atoms with van der Waals surface area (Å²) in [5, 5.41) is 20.8. The van der Waals surface area contributed by atoms with Gasteiger partial charge in [0.2, 0.25) is 0 Å². The van der Waals surface area contributed by atoms with Crippen LogP contribution in [0.2, 0.25) is 0 Å². The summed E-state index contributed by atoms with van der Waals surface area (Å²) in [5.74, 6) is 0.336. The maximum atomic E-state index is 12.5. The van der Waals surface area contributed by atoms with E-state index >= 15 is 0 Å². The Hall–Kier alpha value is -2.67. The molecule has 7 nitrogen and oxygen atoms in total. The zero-order chi connectivity index (χ0) is 17.2. The number of hydrogen-bond acceptors (Lipinski definition) is 6. The van der Waals surface area contributed by atoms with E-state index in [9.17, 15) is 4.79 Å². The van der Waals surface area contributed by atoms with Gasteiger partial charge in [-0.1, -0.05) is 11.3 Å². The molecule has 0 saturated carbocycles. The van der Waals surface area contributed by atoms with Gasteiger partial charge < -0.3 is 5.32 Å². The standard InChI is InChI=1S/C18H20N6O/c1-24-11-17(22-23-24)12-4-5-16-14(7-12)8-15(20-21-16)9-18(25)13-3-2-6-19-10-13/h4-5,7-8,11,13,19H,2-3,6,9-10H2,1H3/t13-/m1/s1. The second kappa shape index (κ2) is 6.68. The fourth-order valence-electron chi connectivity index (χ4n) is 3.26. The number of rotatable bonds is 4. The summed E-state index contributed by atoms with van der Waals surface area (Å²) < 4.78 is 1.67. The van der Waals surface area contributed by atoms with Gasteiger partial charge in [-0.25, -0.2) is 0 Å². The lowest BCUT2D eigenvalue weighted by molar-refractivity contribution is -0.122. The van der Waals surface area contributed by atoms with Crippen LogP contribution in [0.1, 0.15) is 18.5 Å². The van der Waals surface area contributed by atoms with Crippen LogP contribution in [-0.2, 0) is 18.3 Å². The Kier molecular flexibility index (Phi) is 4.23. The van der Waals surface area contributed by atoms with Crippen LogP contribution in [0.5, 0.6) is 0 Å². The van der Waals surface area contributed by atoms with E-state index < -0.39 is 0 Å². The molecule has 0 unspecified atom stereocenters. The van der Waals surface area contributed by atoms with Crippen LogP contribution >= 0.6 is 0 Å². The molecule has 1 aliphatic heterocycles. The van der Waals surface area contributed by atoms with Crippen molar-refractivity contribution < 1.29 is 4.79 Å². The molecule has 3 heterocycles. The normalized spacial score (nSPS) is 17.7. The van der Waals surface area contributed by atoms with Gasteiger partial charge in [0.25, 0.3) is 0 Å². The summed E-state index contributed by atoms with van der Waals surface area (Å²) in [6.07, 6.45) is 4.23. The summed E-state index contributed by atoms with van der Waals surface area (Å²) in [7, 11) is 1.84. The van der Waals surface area contributed by atoms with E-state index in [0.717, 1.165) is 53.8 Å². The third kappa shape index (κ3) is 3.41. The van der Waals surface area contributed by atoms with E-state index in [1.807, 2.05) is 37.5 Å². The molecule has 128 valence electrons. The molecule has 0 spiro atoms.